The van der Waals surface area contributed by atoms with Crippen molar-refractivity contribution < 1.29 is 0 Å². The van der Waals surface area contributed by atoms with E-state index < -0.39 is 0 Å². The van der Waals surface area contributed by atoms with E-state index in [-0.39, 0.29) is 0 Å². The molecule has 2 heteroatoms. The Morgan fingerprint density at radius 2 is 1.15 bits per heavy atom. The standard InChI is InChI=1S/C18H12N2/c1-2-6-15(5-1)13-19-17-9-11-18(12-10-17)20-14-16-7-3-4-8-16/h1-5,7,9-14H. The topological polar surface area (TPSA) is 24.7 Å². The van der Waals surface area contributed by atoms with Crippen LogP contribution >= 0.6 is 0 Å². The minimum atomic E-state index is 0.901. The molecule has 0 bridgehead atoms. The first-order valence-corrected chi connectivity index (χ1v) is 6.35. The lowest BCUT2D eigenvalue weighted by atomic mass is 10.2. The van der Waals surface area contributed by atoms with Gasteiger partial charge in [-0.05, 0) is 48.6 Å². The summed E-state index contributed by atoms with van der Waals surface area (Å²) in [6.45, 7) is 0. The molecule has 0 heterocycles. The molecule has 0 aliphatic heterocycles. The number of rotatable bonds is 4. The third kappa shape index (κ3) is 3.09. The molecule has 2 aliphatic carbocycles. The van der Waals surface area contributed by atoms with Gasteiger partial charge in [-0.15, -0.1) is 11.5 Å². The average Bonchev–Trinajstić information content (AvgIpc) is 3.17. The van der Waals surface area contributed by atoms with Gasteiger partial charge in [0.15, 0.2) is 0 Å². The summed E-state index contributed by atoms with van der Waals surface area (Å²) >= 11 is 0. The average molecular weight is 256 g/mol. The molecule has 0 N–H and O–H groups in total. The molecule has 0 aromatic heterocycles. The number of nitrogens with zero attached hydrogens (tertiary/aromatic N) is 2. The van der Waals surface area contributed by atoms with Crippen molar-refractivity contribution >= 4 is 23.8 Å². The van der Waals surface area contributed by atoms with Gasteiger partial charge in [0.2, 0.25) is 0 Å². The minimum Gasteiger partial charge on any atom is -0.256 e. The largest absolute Gasteiger partial charge is 0.256 e. The van der Waals surface area contributed by atoms with E-state index in [4.69, 9.17) is 0 Å². The zero-order chi connectivity index (χ0) is 13.6. The highest BCUT2D eigenvalue weighted by atomic mass is 14.7. The van der Waals surface area contributed by atoms with Crippen LogP contribution in [-0.4, -0.2) is 12.4 Å². The number of allylic oxidation sites excluding steroid dienone is 6. The molecule has 0 radical (unpaired) electrons. The number of aliphatic imine (C=N–C) groups is 2. The SMILES string of the molecule is C1=CC=CC=1C=Nc1ccc(N=CC2=C=CC=C2)cc1. The summed E-state index contributed by atoms with van der Waals surface area (Å²) in [5, 5.41) is 0. The lowest BCUT2D eigenvalue weighted by molar-refractivity contribution is 1.48. The van der Waals surface area contributed by atoms with Crippen LogP contribution in [0, 0.1) is 0 Å². The van der Waals surface area contributed by atoms with Gasteiger partial charge in [-0.25, -0.2) is 0 Å². The number of hydrogen-bond donors (Lipinski definition) is 0. The van der Waals surface area contributed by atoms with E-state index >= 15 is 0 Å². The molecule has 1 aromatic rings. The van der Waals surface area contributed by atoms with Crippen LogP contribution in [0.1, 0.15) is 0 Å². The van der Waals surface area contributed by atoms with Crippen LogP contribution in [0.15, 0.2) is 93.3 Å². The second kappa shape index (κ2) is 5.81. The summed E-state index contributed by atoms with van der Waals surface area (Å²) in [6, 6.07) is 7.78. The highest BCUT2D eigenvalue weighted by Gasteiger charge is 1.93. The zero-order valence-electron chi connectivity index (χ0n) is 10.8. The summed E-state index contributed by atoms with van der Waals surface area (Å²) < 4.78 is 0. The summed E-state index contributed by atoms with van der Waals surface area (Å²) in [7, 11) is 0. The lowest BCUT2D eigenvalue weighted by Gasteiger charge is -1.95. The maximum atomic E-state index is 4.39. The molecule has 0 saturated carbocycles. The molecule has 0 fully saturated rings. The van der Waals surface area contributed by atoms with E-state index in [1.165, 1.54) is 0 Å². The van der Waals surface area contributed by atoms with E-state index in [2.05, 4.69) is 21.4 Å². The van der Waals surface area contributed by atoms with Crippen molar-refractivity contribution in [3.63, 3.8) is 0 Å². The van der Waals surface area contributed by atoms with Crippen molar-refractivity contribution in [1.82, 2.24) is 0 Å². The Morgan fingerprint density at radius 1 is 0.700 bits per heavy atom. The first-order valence-electron chi connectivity index (χ1n) is 6.35. The van der Waals surface area contributed by atoms with E-state index in [1.54, 1.807) is 12.4 Å². The Balaban J connectivity index is 1.68. The highest BCUT2D eigenvalue weighted by Crippen LogP contribution is 2.19. The summed E-state index contributed by atoms with van der Waals surface area (Å²) in [4.78, 5) is 8.77. The van der Waals surface area contributed by atoms with Crippen molar-refractivity contribution in [2.75, 3.05) is 0 Å². The van der Waals surface area contributed by atoms with Gasteiger partial charge in [0.05, 0.1) is 11.4 Å². The highest BCUT2D eigenvalue weighted by molar-refractivity contribution is 5.86. The van der Waals surface area contributed by atoms with Gasteiger partial charge >= 0.3 is 0 Å². The molecular formula is C18H12N2. The van der Waals surface area contributed by atoms with Crippen LogP contribution in [-0.2, 0) is 0 Å². The summed E-state index contributed by atoms with van der Waals surface area (Å²) in [5.74, 6) is 0. The Hall–Kier alpha value is -2.92. The second-order valence-electron chi connectivity index (χ2n) is 4.28. The Morgan fingerprint density at radius 3 is 1.50 bits per heavy atom. The van der Waals surface area contributed by atoms with Gasteiger partial charge in [-0.3, -0.25) is 9.98 Å². The Kier molecular flexibility index (Phi) is 3.53. The molecule has 0 amide bonds. The van der Waals surface area contributed by atoms with Crippen LogP contribution in [0.2, 0.25) is 0 Å². The Labute approximate surface area is 117 Å². The lowest BCUT2D eigenvalue weighted by Crippen LogP contribution is -1.76. The smallest absolute Gasteiger partial charge is 0.0631 e. The van der Waals surface area contributed by atoms with E-state index in [0.717, 1.165) is 22.5 Å². The fraction of sp³-hybridized carbons (Fsp3) is 0. The molecule has 0 spiro atoms. The fourth-order valence-corrected chi connectivity index (χ4v) is 1.76. The van der Waals surface area contributed by atoms with Gasteiger partial charge < -0.3 is 0 Å². The van der Waals surface area contributed by atoms with Crippen LogP contribution < -0.4 is 0 Å². The third-order valence-corrected chi connectivity index (χ3v) is 2.80. The first kappa shape index (κ1) is 12.1. The van der Waals surface area contributed by atoms with Crippen molar-refractivity contribution in [2.24, 2.45) is 9.98 Å². The van der Waals surface area contributed by atoms with E-state index in [1.807, 2.05) is 60.7 Å². The van der Waals surface area contributed by atoms with E-state index in [0.29, 0.717) is 0 Å². The molecule has 20 heavy (non-hydrogen) atoms. The van der Waals surface area contributed by atoms with Gasteiger partial charge in [-0.2, -0.15) is 0 Å². The third-order valence-electron chi connectivity index (χ3n) is 2.80. The van der Waals surface area contributed by atoms with Crippen LogP contribution in [0.5, 0.6) is 0 Å². The molecule has 3 rings (SSSR count). The van der Waals surface area contributed by atoms with Crippen molar-refractivity contribution in [1.29, 1.82) is 0 Å². The maximum Gasteiger partial charge on any atom is 0.0631 e. The molecule has 2 aliphatic rings. The van der Waals surface area contributed by atoms with Gasteiger partial charge in [0.25, 0.3) is 0 Å². The molecule has 94 valence electrons. The molecular weight excluding hydrogens is 244 g/mol. The number of benzene rings is 1. The fourth-order valence-electron chi connectivity index (χ4n) is 1.76. The predicted molar refractivity (Wildman–Crippen MR) is 84.2 cm³/mol. The summed E-state index contributed by atoms with van der Waals surface area (Å²) in [6.07, 6.45) is 15.2. The normalized spacial score (nSPS) is 15.8. The van der Waals surface area contributed by atoms with Gasteiger partial charge in [0.1, 0.15) is 0 Å². The second-order valence-corrected chi connectivity index (χ2v) is 4.28. The van der Waals surface area contributed by atoms with Crippen molar-refractivity contribution in [2.45, 2.75) is 0 Å². The van der Waals surface area contributed by atoms with Crippen molar-refractivity contribution in [3.8, 4) is 0 Å². The minimum absolute atomic E-state index is 0.901. The van der Waals surface area contributed by atoms with Gasteiger partial charge in [-0.1, -0.05) is 12.2 Å². The molecule has 2 nitrogen and oxygen atoms in total. The quantitative estimate of drug-likeness (QED) is 0.563. The van der Waals surface area contributed by atoms with Crippen LogP contribution in [0.4, 0.5) is 11.4 Å². The van der Waals surface area contributed by atoms with Crippen LogP contribution in [0.3, 0.4) is 0 Å². The molecule has 1 aromatic carbocycles. The molecule has 0 unspecified atom stereocenters. The molecule has 0 atom stereocenters. The van der Waals surface area contributed by atoms with Crippen molar-refractivity contribution in [3.05, 3.63) is 83.3 Å². The Bertz CT molecular complexity index is 689. The molecule has 0 saturated heterocycles. The zero-order valence-corrected chi connectivity index (χ0v) is 10.8. The van der Waals surface area contributed by atoms with Gasteiger partial charge in [0, 0.05) is 23.6 Å². The summed E-state index contributed by atoms with van der Waals surface area (Å²) in [5.41, 5.74) is 9.93. The van der Waals surface area contributed by atoms with E-state index in [9.17, 15) is 0 Å². The van der Waals surface area contributed by atoms with Crippen LogP contribution in [0.25, 0.3) is 0 Å². The number of hydrogen-bond acceptors (Lipinski definition) is 2. The first-order chi connectivity index (χ1) is 9.90. The maximum absolute atomic E-state index is 4.39. The monoisotopic (exact) mass is 256 g/mol. The predicted octanol–water partition coefficient (Wildman–Crippen LogP) is 4.39.